The summed E-state index contributed by atoms with van der Waals surface area (Å²) in [7, 11) is 0. The maximum atomic E-state index is 8.74. The fourth-order valence-corrected chi connectivity index (χ4v) is 1.86. The van der Waals surface area contributed by atoms with Gasteiger partial charge in [0.05, 0.1) is 0 Å². The highest BCUT2D eigenvalue weighted by molar-refractivity contribution is 5.24. The Kier molecular flexibility index (Phi) is 2.76. The molecule has 0 saturated carbocycles. The summed E-state index contributed by atoms with van der Waals surface area (Å²) in [6.07, 6.45) is 2.25. The Morgan fingerprint density at radius 2 is 2.14 bits per heavy atom. The molecule has 3 nitrogen and oxygen atoms in total. The number of hydrogen-bond acceptors (Lipinski definition) is 3. The summed E-state index contributed by atoms with van der Waals surface area (Å²) in [6, 6.07) is 7.78. The first kappa shape index (κ1) is 9.17. The minimum atomic E-state index is 0.529. The molecular formula is C11H13N3. The number of hydrogen-bond donors (Lipinski definition) is 1. The maximum Gasteiger partial charge on any atom is 0.140 e. The molecule has 14 heavy (non-hydrogen) atoms. The van der Waals surface area contributed by atoms with Crippen LogP contribution in [0.4, 0.5) is 0 Å². The summed E-state index contributed by atoms with van der Waals surface area (Å²) in [6.45, 7) is 2.12. The third-order valence-electron chi connectivity index (χ3n) is 2.64. The molecule has 3 heteroatoms. The Bertz CT molecular complexity index is 348. The molecule has 0 aliphatic carbocycles. The minimum absolute atomic E-state index is 0.529. The van der Waals surface area contributed by atoms with Crippen LogP contribution >= 0.6 is 0 Å². The maximum absolute atomic E-state index is 8.74. The van der Waals surface area contributed by atoms with Crippen LogP contribution in [0.1, 0.15) is 30.1 Å². The Labute approximate surface area is 83.8 Å². The second-order valence-corrected chi connectivity index (χ2v) is 3.58. The zero-order chi connectivity index (χ0) is 9.80. The summed E-state index contributed by atoms with van der Waals surface area (Å²) in [5, 5.41) is 12.1. The number of piperidine rings is 1. The van der Waals surface area contributed by atoms with Crippen LogP contribution in [0, 0.1) is 11.3 Å². The van der Waals surface area contributed by atoms with Gasteiger partial charge >= 0.3 is 0 Å². The lowest BCUT2D eigenvalue weighted by Crippen LogP contribution is -2.27. The third-order valence-corrected chi connectivity index (χ3v) is 2.64. The van der Waals surface area contributed by atoms with Crippen molar-refractivity contribution in [3.63, 3.8) is 0 Å². The number of rotatable bonds is 1. The molecule has 0 bridgehead atoms. The summed E-state index contributed by atoms with van der Waals surface area (Å²) in [5.41, 5.74) is 1.60. The summed E-state index contributed by atoms with van der Waals surface area (Å²) >= 11 is 0. The van der Waals surface area contributed by atoms with Crippen LogP contribution in [0.15, 0.2) is 18.2 Å². The number of nitrogens with zero attached hydrogens (tertiary/aromatic N) is 2. The molecule has 1 fully saturated rings. The summed E-state index contributed by atoms with van der Waals surface area (Å²) < 4.78 is 0. The van der Waals surface area contributed by atoms with Gasteiger partial charge in [-0.3, -0.25) is 0 Å². The molecule has 72 valence electrons. The van der Waals surface area contributed by atoms with E-state index >= 15 is 0 Å². The van der Waals surface area contributed by atoms with Crippen molar-refractivity contribution in [1.29, 1.82) is 5.26 Å². The monoisotopic (exact) mass is 187 g/mol. The first-order chi connectivity index (χ1) is 6.90. The Morgan fingerprint density at radius 1 is 1.36 bits per heavy atom. The van der Waals surface area contributed by atoms with Crippen LogP contribution in [0.5, 0.6) is 0 Å². The van der Waals surface area contributed by atoms with Gasteiger partial charge in [0.2, 0.25) is 0 Å². The number of nitriles is 1. The van der Waals surface area contributed by atoms with Crippen molar-refractivity contribution in [1.82, 2.24) is 10.3 Å². The first-order valence-electron chi connectivity index (χ1n) is 4.98. The van der Waals surface area contributed by atoms with Gasteiger partial charge in [0.1, 0.15) is 11.8 Å². The highest BCUT2D eigenvalue weighted by Crippen LogP contribution is 2.23. The van der Waals surface area contributed by atoms with E-state index in [1.807, 2.05) is 12.1 Å². The SMILES string of the molecule is N#Cc1cccc(C2CCNCC2)n1. The van der Waals surface area contributed by atoms with Crippen molar-refractivity contribution >= 4 is 0 Å². The van der Waals surface area contributed by atoms with E-state index < -0.39 is 0 Å². The molecule has 0 unspecified atom stereocenters. The van der Waals surface area contributed by atoms with Crippen LogP contribution in [0.2, 0.25) is 0 Å². The fourth-order valence-electron chi connectivity index (χ4n) is 1.86. The lowest BCUT2D eigenvalue weighted by Gasteiger charge is -2.21. The Morgan fingerprint density at radius 3 is 2.86 bits per heavy atom. The van der Waals surface area contributed by atoms with Crippen molar-refractivity contribution in [2.45, 2.75) is 18.8 Å². The number of aromatic nitrogens is 1. The molecule has 0 amide bonds. The van der Waals surface area contributed by atoms with Gasteiger partial charge in [-0.15, -0.1) is 0 Å². The first-order valence-corrected chi connectivity index (χ1v) is 4.98. The quantitative estimate of drug-likeness (QED) is 0.723. The second kappa shape index (κ2) is 4.21. The van der Waals surface area contributed by atoms with E-state index in [0.717, 1.165) is 31.6 Å². The van der Waals surface area contributed by atoms with E-state index in [4.69, 9.17) is 5.26 Å². The van der Waals surface area contributed by atoms with Crippen LogP contribution < -0.4 is 5.32 Å². The average molecular weight is 187 g/mol. The highest BCUT2D eigenvalue weighted by atomic mass is 14.9. The molecule has 2 rings (SSSR count). The van der Waals surface area contributed by atoms with Gasteiger partial charge in [0.15, 0.2) is 0 Å². The molecule has 0 radical (unpaired) electrons. The number of nitrogens with one attached hydrogen (secondary N) is 1. The van der Waals surface area contributed by atoms with E-state index in [-0.39, 0.29) is 0 Å². The zero-order valence-electron chi connectivity index (χ0n) is 8.03. The average Bonchev–Trinajstić information content (AvgIpc) is 2.30. The van der Waals surface area contributed by atoms with E-state index in [2.05, 4.69) is 16.4 Å². The predicted molar refractivity (Wildman–Crippen MR) is 53.8 cm³/mol. The zero-order valence-corrected chi connectivity index (χ0v) is 8.03. The van der Waals surface area contributed by atoms with Crippen molar-refractivity contribution in [3.8, 4) is 6.07 Å². The number of pyridine rings is 1. The summed E-state index contributed by atoms with van der Waals surface area (Å²) in [5.74, 6) is 0.532. The highest BCUT2D eigenvalue weighted by Gasteiger charge is 2.16. The van der Waals surface area contributed by atoms with Crippen molar-refractivity contribution in [3.05, 3.63) is 29.6 Å². The molecule has 1 aromatic heterocycles. The minimum Gasteiger partial charge on any atom is -0.317 e. The van der Waals surface area contributed by atoms with Gasteiger partial charge in [-0.2, -0.15) is 5.26 Å². The molecule has 1 N–H and O–H groups in total. The van der Waals surface area contributed by atoms with E-state index in [9.17, 15) is 0 Å². The van der Waals surface area contributed by atoms with Crippen molar-refractivity contribution in [2.75, 3.05) is 13.1 Å². The van der Waals surface area contributed by atoms with Crippen molar-refractivity contribution in [2.24, 2.45) is 0 Å². The molecular weight excluding hydrogens is 174 g/mol. The Hall–Kier alpha value is -1.40. The molecule has 0 atom stereocenters. The predicted octanol–water partition coefficient (Wildman–Crippen LogP) is 1.42. The van der Waals surface area contributed by atoms with Crippen LogP contribution in [0.3, 0.4) is 0 Å². The Balaban J connectivity index is 2.18. The van der Waals surface area contributed by atoms with Crippen molar-refractivity contribution < 1.29 is 0 Å². The van der Waals surface area contributed by atoms with Crippen LogP contribution in [-0.4, -0.2) is 18.1 Å². The van der Waals surface area contributed by atoms with Gasteiger partial charge in [0.25, 0.3) is 0 Å². The normalized spacial score (nSPS) is 17.6. The molecule has 1 aliphatic heterocycles. The second-order valence-electron chi connectivity index (χ2n) is 3.58. The molecule has 2 heterocycles. The van der Waals surface area contributed by atoms with Gasteiger partial charge in [-0.05, 0) is 38.1 Å². The van der Waals surface area contributed by atoms with E-state index in [1.165, 1.54) is 0 Å². The topological polar surface area (TPSA) is 48.7 Å². The standard InChI is InChI=1S/C11H13N3/c12-8-10-2-1-3-11(14-10)9-4-6-13-7-5-9/h1-3,9,13H,4-7H2. The molecule has 0 spiro atoms. The molecule has 1 saturated heterocycles. The lowest BCUT2D eigenvalue weighted by molar-refractivity contribution is 0.453. The largest absolute Gasteiger partial charge is 0.317 e. The molecule has 0 aromatic carbocycles. The fraction of sp³-hybridized carbons (Fsp3) is 0.455. The van der Waals surface area contributed by atoms with Crippen LogP contribution in [0.25, 0.3) is 0 Å². The third kappa shape index (κ3) is 1.91. The molecule has 1 aliphatic rings. The molecule has 1 aromatic rings. The van der Waals surface area contributed by atoms with Gasteiger partial charge in [-0.25, -0.2) is 4.98 Å². The van der Waals surface area contributed by atoms with E-state index in [0.29, 0.717) is 11.6 Å². The van der Waals surface area contributed by atoms with Gasteiger partial charge < -0.3 is 5.32 Å². The van der Waals surface area contributed by atoms with E-state index in [1.54, 1.807) is 6.07 Å². The summed E-state index contributed by atoms with van der Waals surface area (Å²) in [4.78, 5) is 4.33. The lowest BCUT2D eigenvalue weighted by atomic mass is 9.94. The van der Waals surface area contributed by atoms with Gasteiger partial charge in [-0.1, -0.05) is 6.07 Å². The smallest absolute Gasteiger partial charge is 0.140 e. The van der Waals surface area contributed by atoms with Gasteiger partial charge in [0, 0.05) is 11.6 Å². The van der Waals surface area contributed by atoms with Crippen LogP contribution in [-0.2, 0) is 0 Å².